The maximum Gasteiger partial charge on any atom is 0.328 e. The van der Waals surface area contributed by atoms with Gasteiger partial charge in [-0.3, -0.25) is 0 Å². The third-order valence-electron chi connectivity index (χ3n) is 1.95. The Morgan fingerprint density at radius 2 is 1.94 bits per heavy atom. The van der Waals surface area contributed by atoms with E-state index >= 15 is 0 Å². The van der Waals surface area contributed by atoms with Gasteiger partial charge in [0.15, 0.2) is 6.04 Å². The minimum absolute atomic E-state index is 0.0647. The van der Waals surface area contributed by atoms with Crippen LogP contribution in [-0.4, -0.2) is 68.4 Å². The largest absolute Gasteiger partial charge is 0.480 e. The second-order valence-electron chi connectivity index (χ2n) is 4.13. The zero-order chi connectivity index (χ0) is 13.4. The van der Waals surface area contributed by atoms with Gasteiger partial charge in [-0.1, -0.05) is 0 Å². The summed E-state index contributed by atoms with van der Waals surface area (Å²) in [5.74, 6) is -1.12. The fraction of sp³-hybridized carbons (Fsp3) is 0.800. The Bertz CT molecular complexity index is 258. The van der Waals surface area contributed by atoms with E-state index in [0.29, 0.717) is 6.54 Å². The molecule has 0 aromatic heterocycles. The number of nitrogens with zero attached hydrogens (tertiary/aromatic N) is 1. The van der Waals surface area contributed by atoms with Gasteiger partial charge in [0, 0.05) is 19.7 Å². The van der Waals surface area contributed by atoms with Crippen LogP contribution in [0.5, 0.6) is 0 Å². The second-order valence-corrected chi connectivity index (χ2v) is 4.13. The van der Waals surface area contributed by atoms with Crippen LogP contribution in [0.3, 0.4) is 0 Å². The Kier molecular flexibility index (Phi) is 7.24. The molecule has 17 heavy (non-hydrogen) atoms. The topological polar surface area (TPSA) is 90.9 Å². The monoisotopic (exact) mass is 247 g/mol. The Labute approximate surface area is 101 Å². The fourth-order valence-electron chi connectivity index (χ4n) is 1.36. The molecular weight excluding hydrogens is 226 g/mol. The number of carboxylic acid groups (broad SMARTS) is 1. The molecule has 0 spiro atoms. The smallest absolute Gasteiger partial charge is 0.328 e. The normalized spacial score (nSPS) is 14.2. The summed E-state index contributed by atoms with van der Waals surface area (Å²) >= 11 is 0. The number of hydrogen-bond donors (Lipinski definition) is 3. The van der Waals surface area contributed by atoms with Gasteiger partial charge in [0.1, 0.15) is 0 Å². The van der Waals surface area contributed by atoms with Crippen molar-refractivity contribution < 1.29 is 19.4 Å². The van der Waals surface area contributed by atoms with Gasteiger partial charge in [-0.25, -0.2) is 9.59 Å². The molecule has 0 rings (SSSR count). The highest BCUT2D eigenvalue weighted by Gasteiger charge is 2.20. The van der Waals surface area contributed by atoms with Gasteiger partial charge in [0.05, 0.1) is 6.61 Å². The summed E-state index contributed by atoms with van der Waals surface area (Å²) in [5.41, 5.74) is 0. The number of ether oxygens (including phenoxy) is 1. The molecule has 0 aliphatic heterocycles. The molecule has 0 aromatic rings. The van der Waals surface area contributed by atoms with Gasteiger partial charge in [0.25, 0.3) is 0 Å². The van der Waals surface area contributed by atoms with E-state index in [2.05, 4.69) is 10.6 Å². The van der Waals surface area contributed by atoms with Crippen LogP contribution in [0, 0.1) is 0 Å². The molecule has 100 valence electrons. The van der Waals surface area contributed by atoms with Gasteiger partial charge in [0.2, 0.25) is 0 Å². The summed E-state index contributed by atoms with van der Waals surface area (Å²) in [7, 11) is 5.16. The number of urea groups is 1. The van der Waals surface area contributed by atoms with Gasteiger partial charge in [-0.2, -0.15) is 0 Å². The van der Waals surface area contributed by atoms with Crippen LogP contribution in [0.2, 0.25) is 0 Å². The van der Waals surface area contributed by atoms with Gasteiger partial charge < -0.3 is 25.4 Å². The van der Waals surface area contributed by atoms with E-state index in [1.807, 2.05) is 25.9 Å². The first-order valence-electron chi connectivity index (χ1n) is 5.30. The highest BCUT2D eigenvalue weighted by molar-refractivity contribution is 5.82. The summed E-state index contributed by atoms with van der Waals surface area (Å²) in [5, 5.41) is 13.8. The molecule has 7 nitrogen and oxygen atoms in total. The first-order chi connectivity index (χ1) is 7.86. The minimum atomic E-state index is -1.12. The van der Waals surface area contributed by atoms with E-state index in [1.165, 1.54) is 7.11 Å². The number of aliphatic carboxylic acids is 1. The molecule has 2 unspecified atom stereocenters. The van der Waals surface area contributed by atoms with E-state index in [4.69, 9.17) is 9.84 Å². The van der Waals surface area contributed by atoms with E-state index in [1.54, 1.807) is 0 Å². The maximum atomic E-state index is 11.5. The van der Waals surface area contributed by atoms with Gasteiger partial charge in [-0.05, 0) is 21.0 Å². The average molecular weight is 247 g/mol. The molecule has 2 atom stereocenters. The van der Waals surface area contributed by atoms with E-state index in [0.717, 1.165) is 0 Å². The number of likely N-dealkylation sites (N-methyl/N-ethyl adjacent to an activating group) is 1. The van der Waals surface area contributed by atoms with E-state index in [-0.39, 0.29) is 12.6 Å². The Morgan fingerprint density at radius 3 is 2.35 bits per heavy atom. The van der Waals surface area contributed by atoms with Crippen LogP contribution in [0.15, 0.2) is 0 Å². The molecule has 0 aromatic carbocycles. The summed E-state index contributed by atoms with van der Waals surface area (Å²) in [6.45, 7) is 2.45. The van der Waals surface area contributed by atoms with Crippen molar-refractivity contribution in [2.24, 2.45) is 0 Å². The highest BCUT2D eigenvalue weighted by atomic mass is 16.5. The third-order valence-corrected chi connectivity index (χ3v) is 1.95. The van der Waals surface area contributed by atoms with Gasteiger partial charge in [-0.15, -0.1) is 0 Å². The highest BCUT2D eigenvalue weighted by Crippen LogP contribution is 1.88. The molecule has 2 amide bonds. The molecular formula is C10H21N3O4. The van der Waals surface area contributed by atoms with Crippen molar-refractivity contribution in [2.45, 2.75) is 19.0 Å². The lowest BCUT2D eigenvalue weighted by atomic mass is 10.3. The zero-order valence-electron chi connectivity index (χ0n) is 10.7. The van der Waals surface area contributed by atoms with Crippen LogP contribution in [-0.2, 0) is 9.53 Å². The summed E-state index contributed by atoms with van der Waals surface area (Å²) in [6.07, 6.45) is 0. The molecule has 0 saturated heterocycles. The molecule has 7 heteroatoms. The van der Waals surface area contributed by atoms with Crippen molar-refractivity contribution >= 4 is 12.0 Å². The summed E-state index contributed by atoms with van der Waals surface area (Å²) in [4.78, 5) is 24.1. The van der Waals surface area contributed by atoms with Crippen molar-refractivity contribution in [3.63, 3.8) is 0 Å². The van der Waals surface area contributed by atoms with E-state index < -0.39 is 18.0 Å². The zero-order valence-corrected chi connectivity index (χ0v) is 10.7. The molecule has 0 aliphatic rings. The first kappa shape index (κ1) is 15.7. The lowest BCUT2D eigenvalue weighted by molar-refractivity contribution is -0.140. The summed E-state index contributed by atoms with van der Waals surface area (Å²) in [6, 6.07) is -1.61. The quantitative estimate of drug-likeness (QED) is 0.555. The van der Waals surface area contributed by atoms with Crippen molar-refractivity contribution in [3.05, 3.63) is 0 Å². The SMILES string of the molecule is COCC(NC(=O)NC(C)CN(C)C)C(=O)O. The Morgan fingerprint density at radius 1 is 1.35 bits per heavy atom. The number of amides is 2. The lowest BCUT2D eigenvalue weighted by Crippen LogP contribution is -2.51. The molecule has 3 N–H and O–H groups in total. The van der Waals surface area contributed by atoms with Crippen LogP contribution >= 0.6 is 0 Å². The summed E-state index contributed by atoms with van der Waals surface area (Å²) < 4.78 is 4.70. The van der Waals surface area contributed by atoms with Gasteiger partial charge >= 0.3 is 12.0 Å². The molecule has 0 aliphatic carbocycles. The predicted octanol–water partition coefficient (Wildman–Crippen LogP) is -0.665. The number of rotatable bonds is 7. The third kappa shape index (κ3) is 7.53. The predicted molar refractivity (Wildman–Crippen MR) is 63.0 cm³/mol. The van der Waals surface area contributed by atoms with Crippen LogP contribution in [0.25, 0.3) is 0 Å². The lowest BCUT2D eigenvalue weighted by Gasteiger charge is -2.20. The van der Waals surface area contributed by atoms with Crippen molar-refractivity contribution in [1.29, 1.82) is 0 Å². The van der Waals surface area contributed by atoms with Crippen molar-refractivity contribution in [3.8, 4) is 0 Å². The number of methoxy groups -OCH3 is 1. The molecule has 0 radical (unpaired) electrons. The van der Waals surface area contributed by atoms with Crippen LogP contribution in [0.1, 0.15) is 6.92 Å². The van der Waals surface area contributed by atoms with Crippen LogP contribution in [0.4, 0.5) is 4.79 Å². The van der Waals surface area contributed by atoms with Crippen molar-refractivity contribution in [2.75, 3.05) is 34.4 Å². The number of carbonyl (C=O) groups is 2. The first-order valence-corrected chi connectivity index (χ1v) is 5.30. The number of hydrogen-bond acceptors (Lipinski definition) is 4. The molecule has 0 saturated carbocycles. The Balaban J connectivity index is 4.09. The Hall–Kier alpha value is -1.34. The van der Waals surface area contributed by atoms with Crippen molar-refractivity contribution in [1.82, 2.24) is 15.5 Å². The maximum absolute atomic E-state index is 11.5. The van der Waals surface area contributed by atoms with E-state index in [9.17, 15) is 9.59 Å². The molecule has 0 heterocycles. The minimum Gasteiger partial charge on any atom is -0.480 e. The van der Waals surface area contributed by atoms with Crippen LogP contribution < -0.4 is 10.6 Å². The number of carboxylic acids is 1. The fourth-order valence-corrected chi connectivity index (χ4v) is 1.36. The molecule has 0 bridgehead atoms. The average Bonchev–Trinajstić information content (AvgIpc) is 2.14. The standard InChI is InChI=1S/C10H21N3O4/c1-7(5-13(2)3)11-10(16)12-8(6-17-4)9(14)15/h7-8H,5-6H2,1-4H3,(H,14,15)(H2,11,12,16). The molecule has 0 fully saturated rings. The second kappa shape index (κ2) is 7.86. The number of nitrogens with one attached hydrogen (secondary N) is 2. The number of carbonyl (C=O) groups excluding carboxylic acids is 1.